The van der Waals surface area contributed by atoms with Crippen LogP contribution < -0.4 is 5.73 Å². The highest BCUT2D eigenvalue weighted by Crippen LogP contribution is 2.27. The van der Waals surface area contributed by atoms with Gasteiger partial charge in [0.2, 0.25) is 5.91 Å². The van der Waals surface area contributed by atoms with Crippen LogP contribution in [-0.2, 0) is 4.79 Å². The van der Waals surface area contributed by atoms with Gasteiger partial charge in [0.15, 0.2) is 0 Å². The van der Waals surface area contributed by atoms with Crippen molar-refractivity contribution in [3.05, 3.63) is 12.2 Å². The molecule has 0 aromatic carbocycles. The molecule has 5 heteroatoms. The van der Waals surface area contributed by atoms with Gasteiger partial charge in [-0.15, -0.1) is 0 Å². The highest BCUT2D eigenvalue weighted by molar-refractivity contribution is 5.85. The van der Waals surface area contributed by atoms with Gasteiger partial charge in [-0.3, -0.25) is 9.69 Å². The second kappa shape index (κ2) is 4.50. The molecular weight excluding hydrogens is 190 g/mol. The van der Waals surface area contributed by atoms with Gasteiger partial charge in [-0.2, -0.15) is 0 Å². The van der Waals surface area contributed by atoms with Gasteiger partial charge in [-0.1, -0.05) is 6.08 Å². The summed E-state index contributed by atoms with van der Waals surface area (Å²) in [5.74, 6) is -3.02. The Morgan fingerprint density at radius 2 is 2.00 bits per heavy atom. The molecule has 0 aliphatic carbocycles. The Balaban J connectivity index is 2.26. The van der Waals surface area contributed by atoms with E-state index in [4.69, 9.17) is 5.73 Å². The standard InChI is InChI=1S/C9H14F2N2O/c10-9(11)3-6-13(7-4-9)5-1-2-8(12)14/h1-2H,3-7H2,(H2,12,14). The van der Waals surface area contributed by atoms with E-state index >= 15 is 0 Å². The molecule has 1 saturated heterocycles. The molecule has 0 aromatic rings. The maximum Gasteiger partial charge on any atom is 0.250 e. The van der Waals surface area contributed by atoms with Crippen LogP contribution in [0.3, 0.4) is 0 Å². The van der Waals surface area contributed by atoms with Gasteiger partial charge in [-0.05, 0) is 6.08 Å². The zero-order valence-corrected chi connectivity index (χ0v) is 7.88. The number of carbonyl (C=O) groups excluding carboxylic acids is 1. The minimum Gasteiger partial charge on any atom is -0.366 e. The number of carbonyl (C=O) groups is 1. The fraction of sp³-hybridized carbons (Fsp3) is 0.667. The van der Waals surface area contributed by atoms with E-state index in [1.807, 2.05) is 4.90 Å². The Morgan fingerprint density at radius 3 is 2.50 bits per heavy atom. The molecule has 1 rings (SSSR count). The first-order valence-electron chi connectivity index (χ1n) is 4.56. The van der Waals surface area contributed by atoms with Gasteiger partial charge in [0, 0.05) is 32.5 Å². The van der Waals surface area contributed by atoms with Crippen LogP contribution in [0.5, 0.6) is 0 Å². The first-order valence-corrected chi connectivity index (χ1v) is 4.56. The summed E-state index contributed by atoms with van der Waals surface area (Å²) in [6.45, 7) is 1.26. The van der Waals surface area contributed by atoms with E-state index in [0.29, 0.717) is 19.6 Å². The molecular formula is C9H14F2N2O. The average Bonchev–Trinajstić information content (AvgIpc) is 2.07. The van der Waals surface area contributed by atoms with Crippen LogP contribution in [0.15, 0.2) is 12.2 Å². The number of nitrogens with zero attached hydrogens (tertiary/aromatic N) is 1. The second-order valence-electron chi connectivity index (χ2n) is 3.46. The van der Waals surface area contributed by atoms with Crippen LogP contribution in [0.25, 0.3) is 0 Å². The lowest BCUT2D eigenvalue weighted by atomic mass is 10.1. The molecule has 0 atom stereocenters. The number of nitrogens with two attached hydrogens (primary N) is 1. The van der Waals surface area contributed by atoms with Crippen molar-refractivity contribution in [3.8, 4) is 0 Å². The molecule has 80 valence electrons. The maximum absolute atomic E-state index is 12.7. The van der Waals surface area contributed by atoms with Crippen molar-refractivity contribution in [1.82, 2.24) is 4.90 Å². The largest absolute Gasteiger partial charge is 0.366 e. The van der Waals surface area contributed by atoms with Crippen LogP contribution in [0.2, 0.25) is 0 Å². The quantitative estimate of drug-likeness (QED) is 0.690. The molecule has 0 unspecified atom stereocenters. The first-order chi connectivity index (χ1) is 6.49. The van der Waals surface area contributed by atoms with Gasteiger partial charge in [0.1, 0.15) is 0 Å². The number of rotatable bonds is 3. The SMILES string of the molecule is NC(=O)C=CCN1CCC(F)(F)CC1. The lowest BCUT2D eigenvalue weighted by Crippen LogP contribution is -2.39. The van der Waals surface area contributed by atoms with E-state index in [2.05, 4.69) is 0 Å². The lowest BCUT2D eigenvalue weighted by Gasteiger charge is -2.30. The van der Waals surface area contributed by atoms with Crippen molar-refractivity contribution in [1.29, 1.82) is 0 Å². The number of piperidine rings is 1. The molecule has 1 aliphatic rings. The summed E-state index contributed by atoms with van der Waals surface area (Å²) in [6, 6.07) is 0. The Bertz CT molecular complexity index is 231. The summed E-state index contributed by atoms with van der Waals surface area (Å²) < 4.78 is 25.4. The highest BCUT2D eigenvalue weighted by atomic mass is 19.3. The van der Waals surface area contributed by atoms with Crippen molar-refractivity contribution in [2.45, 2.75) is 18.8 Å². The molecule has 1 fully saturated rings. The molecule has 0 bridgehead atoms. The molecule has 1 heterocycles. The van der Waals surface area contributed by atoms with E-state index in [9.17, 15) is 13.6 Å². The molecule has 2 N–H and O–H groups in total. The Kier molecular flexibility index (Phi) is 3.57. The van der Waals surface area contributed by atoms with Crippen LogP contribution in [0.1, 0.15) is 12.8 Å². The van der Waals surface area contributed by atoms with Crippen molar-refractivity contribution in [3.63, 3.8) is 0 Å². The first kappa shape index (κ1) is 11.1. The van der Waals surface area contributed by atoms with E-state index < -0.39 is 11.8 Å². The molecule has 0 saturated carbocycles. The predicted molar refractivity (Wildman–Crippen MR) is 49.0 cm³/mol. The summed E-state index contributed by atoms with van der Waals surface area (Å²) >= 11 is 0. The molecule has 0 spiro atoms. The van der Waals surface area contributed by atoms with Gasteiger partial charge in [-0.25, -0.2) is 8.78 Å². The van der Waals surface area contributed by atoms with Crippen LogP contribution in [0.4, 0.5) is 8.78 Å². The van der Waals surface area contributed by atoms with Crippen LogP contribution >= 0.6 is 0 Å². The fourth-order valence-corrected chi connectivity index (χ4v) is 1.38. The van der Waals surface area contributed by atoms with Gasteiger partial charge < -0.3 is 5.73 Å². The van der Waals surface area contributed by atoms with Crippen molar-refractivity contribution >= 4 is 5.91 Å². The lowest BCUT2D eigenvalue weighted by molar-refractivity contribution is -0.113. The highest BCUT2D eigenvalue weighted by Gasteiger charge is 2.33. The maximum atomic E-state index is 12.7. The third kappa shape index (κ3) is 3.83. The summed E-state index contributed by atoms with van der Waals surface area (Å²) in [6.07, 6.45) is 2.66. The zero-order valence-electron chi connectivity index (χ0n) is 7.88. The van der Waals surface area contributed by atoms with Gasteiger partial charge in [0.25, 0.3) is 5.92 Å². The topological polar surface area (TPSA) is 46.3 Å². The predicted octanol–water partition coefficient (Wildman–Crippen LogP) is 0.759. The molecule has 0 radical (unpaired) electrons. The number of likely N-dealkylation sites (tertiary alicyclic amines) is 1. The number of hydrogen-bond acceptors (Lipinski definition) is 2. The van der Waals surface area contributed by atoms with E-state index in [0.717, 1.165) is 0 Å². The van der Waals surface area contributed by atoms with E-state index in [1.54, 1.807) is 6.08 Å². The summed E-state index contributed by atoms with van der Waals surface area (Å²) in [5, 5.41) is 0. The number of alkyl halides is 2. The fourth-order valence-electron chi connectivity index (χ4n) is 1.38. The van der Waals surface area contributed by atoms with Crippen LogP contribution in [0, 0.1) is 0 Å². The Morgan fingerprint density at radius 1 is 1.43 bits per heavy atom. The van der Waals surface area contributed by atoms with Crippen molar-refractivity contribution in [2.24, 2.45) is 5.73 Å². The minimum atomic E-state index is -2.51. The number of amides is 1. The Labute approximate surface area is 81.6 Å². The second-order valence-corrected chi connectivity index (χ2v) is 3.46. The van der Waals surface area contributed by atoms with Gasteiger partial charge >= 0.3 is 0 Å². The third-order valence-electron chi connectivity index (χ3n) is 2.23. The van der Waals surface area contributed by atoms with Crippen molar-refractivity contribution in [2.75, 3.05) is 19.6 Å². The monoisotopic (exact) mass is 204 g/mol. The number of halogens is 2. The molecule has 0 aromatic heterocycles. The third-order valence-corrected chi connectivity index (χ3v) is 2.23. The zero-order chi connectivity index (χ0) is 10.6. The summed E-state index contributed by atoms with van der Waals surface area (Å²) in [7, 11) is 0. The normalized spacial score (nSPS) is 22.7. The number of primary amides is 1. The Hall–Kier alpha value is -0.970. The van der Waals surface area contributed by atoms with Crippen molar-refractivity contribution < 1.29 is 13.6 Å². The molecule has 3 nitrogen and oxygen atoms in total. The summed E-state index contributed by atoms with van der Waals surface area (Å²) in [4.78, 5) is 12.2. The summed E-state index contributed by atoms with van der Waals surface area (Å²) in [5.41, 5.74) is 4.89. The van der Waals surface area contributed by atoms with Gasteiger partial charge in [0.05, 0.1) is 0 Å². The van der Waals surface area contributed by atoms with E-state index in [1.165, 1.54) is 6.08 Å². The molecule has 14 heavy (non-hydrogen) atoms. The molecule has 1 aliphatic heterocycles. The minimum absolute atomic E-state index is 0.0998. The van der Waals surface area contributed by atoms with E-state index in [-0.39, 0.29) is 12.8 Å². The number of hydrogen-bond donors (Lipinski definition) is 1. The smallest absolute Gasteiger partial charge is 0.250 e. The van der Waals surface area contributed by atoms with Crippen LogP contribution in [-0.4, -0.2) is 36.4 Å². The molecule has 1 amide bonds. The average molecular weight is 204 g/mol.